The molecular weight excluding hydrogens is 164 g/mol. The molecule has 12 heavy (non-hydrogen) atoms. The van der Waals surface area contributed by atoms with Gasteiger partial charge in [0.05, 0.1) is 6.10 Å². The largest absolute Gasteiger partial charge is 0.345 e. The van der Waals surface area contributed by atoms with Crippen molar-refractivity contribution in [3.05, 3.63) is 0 Å². The molecule has 1 rings (SSSR count). The SMILES string of the molecule is NCCC(OC(F)F)C1CCC1. The molecule has 1 saturated carbocycles. The summed E-state index contributed by atoms with van der Waals surface area (Å²) in [4.78, 5) is 0. The monoisotopic (exact) mass is 179 g/mol. The van der Waals surface area contributed by atoms with E-state index >= 15 is 0 Å². The highest BCUT2D eigenvalue weighted by molar-refractivity contribution is 4.78. The van der Waals surface area contributed by atoms with Crippen LogP contribution in [0.25, 0.3) is 0 Å². The van der Waals surface area contributed by atoms with Crippen LogP contribution in [-0.2, 0) is 4.74 Å². The Hall–Kier alpha value is -0.220. The first-order valence-electron chi connectivity index (χ1n) is 4.37. The van der Waals surface area contributed by atoms with Gasteiger partial charge >= 0.3 is 6.61 Å². The van der Waals surface area contributed by atoms with E-state index in [0.29, 0.717) is 18.9 Å². The Labute approximate surface area is 71.1 Å². The molecule has 0 amide bonds. The number of halogens is 2. The second-order valence-corrected chi connectivity index (χ2v) is 3.20. The molecule has 0 aromatic carbocycles. The number of ether oxygens (including phenoxy) is 1. The van der Waals surface area contributed by atoms with Crippen LogP contribution in [0.3, 0.4) is 0 Å². The predicted octanol–water partition coefficient (Wildman–Crippen LogP) is 1.74. The number of hydrogen-bond acceptors (Lipinski definition) is 2. The van der Waals surface area contributed by atoms with Crippen LogP contribution in [-0.4, -0.2) is 19.3 Å². The topological polar surface area (TPSA) is 35.2 Å². The van der Waals surface area contributed by atoms with Crippen molar-refractivity contribution in [3.8, 4) is 0 Å². The van der Waals surface area contributed by atoms with Crippen molar-refractivity contribution < 1.29 is 13.5 Å². The van der Waals surface area contributed by atoms with Crippen LogP contribution in [0.4, 0.5) is 8.78 Å². The fourth-order valence-electron chi connectivity index (χ4n) is 1.52. The lowest BCUT2D eigenvalue weighted by atomic mass is 9.80. The van der Waals surface area contributed by atoms with Crippen LogP contribution >= 0.6 is 0 Å². The zero-order chi connectivity index (χ0) is 8.97. The van der Waals surface area contributed by atoms with Crippen LogP contribution < -0.4 is 5.73 Å². The number of rotatable bonds is 5. The summed E-state index contributed by atoms with van der Waals surface area (Å²) in [6.07, 6.45) is 3.39. The molecule has 0 aromatic heterocycles. The van der Waals surface area contributed by atoms with E-state index in [1.54, 1.807) is 0 Å². The van der Waals surface area contributed by atoms with Gasteiger partial charge in [0.15, 0.2) is 0 Å². The summed E-state index contributed by atoms with van der Waals surface area (Å²) in [7, 11) is 0. The molecular formula is C8H15F2NO. The van der Waals surface area contributed by atoms with Gasteiger partial charge in [0.2, 0.25) is 0 Å². The summed E-state index contributed by atoms with van der Waals surface area (Å²) in [5.41, 5.74) is 5.30. The highest BCUT2D eigenvalue weighted by Crippen LogP contribution is 2.33. The van der Waals surface area contributed by atoms with Gasteiger partial charge in [-0.2, -0.15) is 8.78 Å². The van der Waals surface area contributed by atoms with Gasteiger partial charge in [-0.15, -0.1) is 0 Å². The summed E-state index contributed by atoms with van der Waals surface area (Å²) in [6.45, 7) is -2.23. The molecule has 2 N–H and O–H groups in total. The van der Waals surface area contributed by atoms with Crippen LogP contribution in [0.2, 0.25) is 0 Å². The predicted molar refractivity (Wildman–Crippen MR) is 41.9 cm³/mol. The Morgan fingerprint density at radius 3 is 2.42 bits per heavy atom. The smallest absolute Gasteiger partial charge is 0.330 e. The Balaban J connectivity index is 2.26. The molecule has 0 aromatic rings. The lowest BCUT2D eigenvalue weighted by Crippen LogP contribution is -2.32. The number of hydrogen-bond donors (Lipinski definition) is 1. The van der Waals surface area contributed by atoms with E-state index in [0.717, 1.165) is 19.3 Å². The zero-order valence-corrected chi connectivity index (χ0v) is 7.01. The van der Waals surface area contributed by atoms with Gasteiger partial charge in [-0.1, -0.05) is 6.42 Å². The molecule has 0 heterocycles. The third-order valence-corrected chi connectivity index (χ3v) is 2.40. The Bertz CT molecular complexity index is 128. The van der Waals surface area contributed by atoms with E-state index in [2.05, 4.69) is 4.74 Å². The van der Waals surface area contributed by atoms with Crippen molar-refractivity contribution in [1.29, 1.82) is 0 Å². The van der Waals surface area contributed by atoms with Gasteiger partial charge in [-0.05, 0) is 31.7 Å². The Kier molecular flexibility index (Phi) is 3.88. The van der Waals surface area contributed by atoms with E-state index < -0.39 is 6.61 Å². The Morgan fingerprint density at radius 2 is 2.08 bits per heavy atom. The van der Waals surface area contributed by atoms with Crippen LogP contribution in [0.1, 0.15) is 25.7 Å². The minimum absolute atomic E-state index is 0.316. The van der Waals surface area contributed by atoms with Crippen molar-refractivity contribution in [2.24, 2.45) is 11.7 Å². The van der Waals surface area contributed by atoms with E-state index in [1.165, 1.54) is 0 Å². The van der Waals surface area contributed by atoms with Gasteiger partial charge in [0.1, 0.15) is 0 Å². The molecule has 1 aliphatic rings. The van der Waals surface area contributed by atoms with Crippen LogP contribution in [0.5, 0.6) is 0 Å². The fraction of sp³-hybridized carbons (Fsp3) is 1.00. The molecule has 1 aliphatic carbocycles. The molecule has 0 bridgehead atoms. The normalized spacial score (nSPS) is 21.0. The maximum atomic E-state index is 11.9. The first-order chi connectivity index (χ1) is 5.74. The molecule has 1 unspecified atom stereocenters. The van der Waals surface area contributed by atoms with Crippen molar-refractivity contribution in [2.45, 2.75) is 38.4 Å². The van der Waals surface area contributed by atoms with Gasteiger partial charge in [-0.3, -0.25) is 0 Å². The van der Waals surface area contributed by atoms with Gasteiger partial charge in [-0.25, -0.2) is 0 Å². The van der Waals surface area contributed by atoms with Gasteiger partial charge in [0.25, 0.3) is 0 Å². The molecule has 1 fully saturated rings. The molecule has 4 heteroatoms. The van der Waals surface area contributed by atoms with Crippen molar-refractivity contribution in [1.82, 2.24) is 0 Å². The summed E-state index contributed by atoms with van der Waals surface area (Å²) >= 11 is 0. The molecule has 0 radical (unpaired) electrons. The summed E-state index contributed by atoms with van der Waals surface area (Å²) in [5, 5.41) is 0. The number of nitrogens with two attached hydrogens (primary N) is 1. The van der Waals surface area contributed by atoms with Gasteiger partial charge in [0, 0.05) is 0 Å². The van der Waals surface area contributed by atoms with E-state index in [-0.39, 0.29) is 6.10 Å². The van der Waals surface area contributed by atoms with Gasteiger partial charge < -0.3 is 10.5 Å². The van der Waals surface area contributed by atoms with Crippen LogP contribution in [0, 0.1) is 5.92 Å². The maximum absolute atomic E-state index is 11.9. The molecule has 0 spiro atoms. The fourth-order valence-corrected chi connectivity index (χ4v) is 1.52. The highest BCUT2D eigenvalue weighted by atomic mass is 19.3. The quantitative estimate of drug-likeness (QED) is 0.697. The lowest BCUT2D eigenvalue weighted by Gasteiger charge is -2.33. The van der Waals surface area contributed by atoms with Crippen molar-refractivity contribution >= 4 is 0 Å². The molecule has 0 aliphatic heterocycles. The third kappa shape index (κ3) is 2.68. The summed E-state index contributed by atoms with van der Waals surface area (Å²) in [5.74, 6) is 0.322. The average molecular weight is 179 g/mol. The first kappa shape index (κ1) is 9.86. The minimum Gasteiger partial charge on any atom is -0.330 e. The Morgan fingerprint density at radius 1 is 1.42 bits per heavy atom. The van der Waals surface area contributed by atoms with Crippen molar-refractivity contribution in [2.75, 3.05) is 6.54 Å². The average Bonchev–Trinajstić information content (AvgIpc) is 1.81. The minimum atomic E-state index is -2.65. The summed E-state index contributed by atoms with van der Waals surface area (Å²) < 4.78 is 28.2. The van der Waals surface area contributed by atoms with E-state index in [4.69, 9.17) is 5.73 Å². The number of alkyl halides is 2. The van der Waals surface area contributed by atoms with Crippen molar-refractivity contribution in [3.63, 3.8) is 0 Å². The molecule has 0 saturated heterocycles. The second kappa shape index (κ2) is 4.72. The summed E-state index contributed by atoms with van der Waals surface area (Å²) in [6, 6.07) is 0. The molecule has 72 valence electrons. The lowest BCUT2D eigenvalue weighted by molar-refractivity contribution is -0.184. The third-order valence-electron chi connectivity index (χ3n) is 2.40. The van der Waals surface area contributed by atoms with Crippen LogP contribution in [0.15, 0.2) is 0 Å². The standard InChI is InChI=1S/C8H15F2NO/c9-8(10)12-7(4-5-11)6-2-1-3-6/h6-8H,1-5,11H2. The van der Waals surface area contributed by atoms with E-state index in [9.17, 15) is 8.78 Å². The first-order valence-corrected chi connectivity index (χ1v) is 4.37. The zero-order valence-electron chi connectivity index (χ0n) is 7.01. The maximum Gasteiger partial charge on any atom is 0.345 e. The molecule has 2 nitrogen and oxygen atoms in total. The second-order valence-electron chi connectivity index (χ2n) is 3.20. The van der Waals surface area contributed by atoms with E-state index in [1.807, 2.05) is 0 Å². The highest BCUT2D eigenvalue weighted by Gasteiger charge is 2.29. The molecule has 1 atom stereocenters.